The Kier molecular flexibility index (Phi) is 4.08. The van der Waals surface area contributed by atoms with Gasteiger partial charge in [-0.3, -0.25) is 4.90 Å². The highest BCUT2D eigenvalue weighted by Crippen LogP contribution is 2.34. The van der Waals surface area contributed by atoms with Crippen LogP contribution in [-0.2, 0) is 6.54 Å². The Morgan fingerprint density at radius 1 is 1.45 bits per heavy atom. The highest BCUT2D eigenvalue weighted by atomic mass is 19.4. The molecule has 2 rings (SSSR count). The van der Waals surface area contributed by atoms with Crippen molar-refractivity contribution in [2.75, 3.05) is 13.1 Å². The van der Waals surface area contributed by atoms with E-state index in [-0.39, 0.29) is 18.6 Å². The second-order valence-electron chi connectivity index (χ2n) is 5.09. The summed E-state index contributed by atoms with van der Waals surface area (Å²) in [6.45, 7) is 2.80. The lowest BCUT2D eigenvalue weighted by molar-refractivity contribution is -0.185. The van der Waals surface area contributed by atoms with Crippen LogP contribution in [0.25, 0.3) is 0 Å². The van der Waals surface area contributed by atoms with Crippen molar-refractivity contribution in [3.8, 4) is 0 Å². The van der Waals surface area contributed by atoms with Crippen LogP contribution in [0.4, 0.5) is 13.2 Å². The van der Waals surface area contributed by atoms with Crippen LogP contribution in [0.1, 0.15) is 34.7 Å². The quantitative estimate of drug-likeness (QED) is 0.930. The molecule has 0 aromatic carbocycles. The van der Waals surface area contributed by atoms with Gasteiger partial charge in [0.1, 0.15) is 5.76 Å². The van der Waals surface area contributed by atoms with Gasteiger partial charge in [0.2, 0.25) is 5.76 Å². The zero-order valence-electron chi connectivity index (χ0n) is 11.0. The van der Waals surface area contributed by atoms with E-state index in [2.05, 4.69) is 0 Å². The highest BCUT2D eigenvalue weighted by Gasteiger charge is 2.41. The van der Waals surface area contributed by atoms with Crippen LogP contribution in [0.3, 0.4) is 0 Å². The highest BCUT2D eigenvalue weighted by molar-refractivity contribution is 5.84. The number of rotatable bonds is 3. The third-order valence-electron chi connectivity index (χ3n) is 3.68. The SMILES string of the molecule is Cc1oc(C(=O)O)cc1CN1CCC(C(F)(F)F)CC1. The van der Waals surface area contributed by atoms with Crippen LogP contribution in [0.2, 0.25) is 0 Å². The summed E-state index contributed by atoms with van der Waals surface area (Å²) in [6.07, 6.45) is -3.94. The number of aromatic carboxylic acids is 1. The number of carboxylic acids is 1. The van der Waals surface area contributed by atoms with Crippen molar-refractivity contribution < 1.29 is 27.5 Å². The number of furan rings is 1. The minimum atomic E-state index is -4.12. The van der Waals surface area contributed by atoms with Crippen LogP contribution in [-0.4, -0.2) is 35.2 Å². The van der Waals surface area contributed by atoms with E-state index in [0.29, 0.717) is 31.0 Å². The summed E-state index contributed by atoms with van der Waals surface area (Å²) in [6, 6.07) is 1.44. The van der Waals surface area contributed by atoms with Crippen LogP contribution in [0.5, 0.6) is 0 Å². The fourth-order valence-electron chi connectivity index (χ4n) is 2.44. The maximum absolute atomic E-state index is 12.6. The minimum Gasteiger partial charge on any atom is -0.475 e. The summed E-state index contributed by atoms with van der Waals surface area (Å²) in [5, 5.41) is 8.82. The first-order valence-electron chi connectivity index (χ1n) is 6.39. The summed E-state index contributed by atoms with van der Waals surface area (Å²) in [7, 11) is 0. The lowest BCUT2D eigenvalue weighted by atomic mass is 9.96. The van der Waals surface area contributed by atoms with Gasteiger partial charge < -0.3 is 9.52 Å². The van der Waals surface area contributed by atoms with Gasteiger partial charge in [0.25, 0.3) is 0 Å². The van der Waals surface area contributed by atoms with Crippen molar-refractivity contribution in [2.24, 2.45) is 5.92 Å². The molecule has 1 fully saturated rings. The summed E-state index contributed by atoms with van der Waals surface area (Å²) in [5.74, 6) is -2.00. The monoisotopic (exact) mass is 291 g/mol. The molecule has 1 N–H and O–H groups in total. The van der Waals surface area contributed by atoms with Gasteiger partial charge in [-0.1, -0.05) is 0 Å². The molecule has 4 nitrogen and oxygen atoms in total. The topological polar surface area (TPSA) is 53.7 Å². The first-order valence-corrected chi connectivity index (χ1v) is 6.39. The maximum atomic E-state index is 12.6. The second-order valence-corrected chi connectivity index (χ2v) is 5.09. The number of carbonyl (C=O) groups is 1. The predicted molar refractivity (Wildman–Crippen MR) is 64.5 cm³/mol. The van der Waals surface area contributed by atoms with Crippen molar-refractivity contribution in [1.82, 2.24) is 4.90 Å². The molecule has 112 valence electrons. The predicted octanol–water partition coefficient (Wildman–Crippen LogP) is 3.06. The summed E-state index contributed by atoms with van der Waals surface area (Å²) < 4.78 is 42.7. The number of carboxylic acid groups (broad SMARTS) is 1. The number of likely N-dealkylation sites (tertiary alicyclic amines) is 1. The smallest absolute Gasteiger partial charge is 0.391 e. The van der Waals surface area contributed by atoms with Gasteiger partial charge >= 0.3 is 12.1 Å². The molecule has 0 atom stereocenters. The summed E-state index contributed by atoms with van der Waals surface area (Å²) in [4.78, 5) is 12.7. The Hall–Kier alpha value is -1.50. The van der Waals surface area contributed by atoms with Crippen molar-refractivity contribution in [1.29, 1.82) is 0 Å². The maximum Gasteiger partial charge on any atom is 0.391 e. The molecule has 0 aliphatic carbocycles. The zero-order chi connectivity index (χ0) is 14.9. The van der Waals surface area contributed by atoms with Gasteiger partial charge in [-0.25, -0.2) is 4.79 Å². The van der Waals surface area contributed by atoms with Crippen LogP contribution in [0, 0.1) is 12.8 Å². The van der Waals surface area contributed by atoms with E-state index in [4.69, 9.17) is 9.52 Å². The third kappa shape index (κ3) is 3.33. The van der Waals surface area contributed by atoms with E-state index in [1.165, 1.54) is 6.07 Å². The van der Waals surface area contributed by atoms with E-state index in [9.17, 15) is 18.0 Å². The lowest BCUT2D eigenvalue weighted by Crippen LogP contribution is -2.38. The van der Waals surface area contributed by atoms with Crippen molar-refractivity contribution in [3.05, 3.63) is 23.2 Å². The van der Waals surface area contributed by atoms with E-state index in [1.54, 1.807) is 6.92 Å². The zero-order valence-corrected chi connectivity index (χ0v) is 11.0. The molecule has 0 saturated carbocycles. The van der Waals surface area contributed by atoms with E-state index in [0.717, 1.165) is 0 Å². The molecule has 0 bridgehead atoms. The largest absolute Gasteiger partial charge is 0.475 e. The van der Waals surface area contributed by atoms with Crippen LogP contribution >= 0.6 is 0 Å². The number of halogens is 3. The Morgan fingerprint density at radius 2 is 2.05 bits per heavy atom. The lowest BCUT2D eigenvalue weighted by Gasteiger charge is -2.32. The van der Waals surface area contributed by atoms with E-state index in [1.807, 2.05) is 4.90 Å². The molecule has 1 saturated heterocycles. The first-order chi connectivity index (χ1) is 9.27. The van der Waals surface area contributed by atoms with E-state index >= 15 is 0 Å². The van der Waals surface area contributed by atoms with Gasteiger partial charge in [0.05, 0.1) is 5.92 Å². The molecule has 1 aromatic heterocycles. The molecule has 1 aromatic rings. The standard InChI is InChI=1S/C13H16F3NO3/c1-8-9(6-11(20-8)12(18)19)7-17-4-2-10(3-5-17)13(14,15)16/h6,10H,2-5,7H2,1H3,(H,18,19). The van der Waals surface area contributed by atoms with Crippen molar-refractivity contribution >= 4 is 5.97 Å². The molecule has 0 unspecified atom stereocenters. The van der Waals surface area contributed by atoms with Gasteiger partial charge in [-0.2, -0.15) is 13.2 Å². The number of nitrogens with zero attached hydrogens (tertiary/aromatic N) is 1. The number of aryl methyl sites for hydroxylation is 1. The van der Waals surface area contributed by atoms with E-state index < -0.39 is 18.1 Å². The van der Waals surface area contributed by atoms with Gasteiger partial charge in [-0.05, 0) is 38.9 Å². The summed E-state index contributed by atoms with van der Waals surface area (Å²) >= 11 is 0. The molecule has 20 heavy (non-hydrogen) atoms. The van der Waals surface area contributed by atoms with Crippen molar-refractivity contribution in [2.45, 2.75) is 32.5 Å². The molecular formula is C13H16F3NO3. The fraction of sp³-hybridized carbons (Fsp3) is 0.615. The third-order valence-corrected chi connectivity index (χ3v) is 3.68. The van der Waals surface area contributed by atoms with Gasteiger partial charge in [0, 0.05) is 12.1 Å². The average Bonchev–Trinajstić information content (AvgIpc) is 2.71. The fourth-order valence-corrected chi connectivity index (χ4v) is 2.44. The molecule has 2 heterocycles. The van der Waals surface area contributed by atoms with Crippen molar-refractivity contribution in [3.63, 3.8) is 0 Å². The molecule has 0 radical (unpaired) electrons. The Balaban J connectivity index is 1.94. The normalized spacial score (nSPS) is 18.4. The number of hydrogen-bond acceptors (Lipinski definition) is 3. The van der Waals surface area contributed by atoms with Crippen LogP contribution < -0.4 is 0 Å². The van der Waals surface area contributed by atoms with Crippen LogP contribution in [0.15, 0.2) is 10.5 Å². The van der Waals surface area contributed by atoms with Gasteiger partial charge in [-0.15, -0.1) is 0 Å². The summed E-state index contributed by atoms with van der Waals surface area (Å²) in [5.41, 5.74) is 0.716. The molecular weight excluding hydrogens is 275 g/mol. The Bertz CT molecular complexity index is 488. The number of hydrogen-bond donors (Lipinski definition) is 1. The molecule has 0 spiro atoms. The molecule has 1 aliphatic rings. The first kappa shape index (κ1) is 14.9. The Morgan fingerprint density at radius 3 is 2.50 bits per heavy atom. The number of alkyl halides is 3. The second kappa shape index (κ2) is 5.47. The molecule has 0 amide bonds. The van der Waals surface area contributed by atoms with Gasteiger partial charge in [0.15, 0.2) is 0 Å². The Labute approximate surface area is 114 Å². The average molecular weight is 291 g/mol. The molecule has 1 aliphatic heterocycles. The number of piperidine rings is 1. The molecule has 7 heteroatoms. The minimum absolute atomic E-state index is 0.0895.